The third kappa shape index (κ3) is 9.34. The average Bonchev–Trinajstić information content (AvgIpc) is 2.80. The van der Waals surface area contributed by atoms with Gasteiger partial charge in [0.25, 0.3) is 0 Å². The molecule has 184 valence electrons. The van der Waals surface area contributed by atoms with Gasteiger partial charge in [-0.1, -0.05) is 83.4 Å². The van der Waals surface area contributed by atoms with Crippen LogP contribution < -0.4 is 5.73 Å². The van der Waals surface area contributed by atoms with Crippen LogP contribution in [0.25, 0.3) is 0 Å². The summed E-state index contributed by atoms with van der Waals surface area (Å²) in [6.07, 6.45) is 8.65. The van der Waals surface area contributed by atoms with Crippen LogP contribution in [0, 0.1) is 5.92 Å². The highest BCUT2D eigenvalue weighted by molar-refractivity contribution is 5.93. The fourth-order valence-electron chi connectivity index (χ4n) is 3.85. The van der Waals surface area contributed by atoms with Crippen LogP contribution >= 0.6 is 0 Å². The first-order chi connectivity index (χ1) is 15.8. The Bertz CT molecular complexity index is 752. The van der Waals surface area contributed by atoms with Gasteiger partial charge in [-0.25, -0.2) is 14.4 Å². The number of unbranched alkanes of at least 4 members (excludes halogenated alkanes) is 7. The molecule has 0 spiro atoms. The number of hydrogen-bond acceptors (Lipinski definition) is 7. The van der Waals surface area contributed by atoms with Crippen molar-refractivity contribution >= 4 is 24.4 Å². The van der Waals surface area contributed by atoms with Gasteiger partial charge in [0.15, 0.2) is 0 Å². The van der Waals surface area contributed by atoms with Crippen molar-refractivity contribution in [1.82, 2.24) is 0 Å². The number of carboxylic acids is 1. The Labute approximate surface area is 195 Å². The lowest BCUT2D eigenvalue weighted by Gasteiger charge is -2.36. The minimum atomic E-state index is -2.05. The van der Waals surface area contributed by atoms with Crippen LogP contribution in [-0.2, 0) is 23.9 Å². The zero-order chi connectivity index (χ0) is 24.7. The SMILES string of the molecule is CCCCCCCCCCC(C)C(CC(N)C(=O)OC=O)(OC(=O)c1ccccc1)C(=O)O. The molecule has 1 aromatic carbocycles. The summed E-state index contributed by atoms with van der Waals surface area (Å²) in [5.41, 5.74) is 3.97. The van der Waals surface area contributed by atoms with Gasteiger partial charge >= 0.3 is 24.4 Å². The molecule has 8 nitrogen and oxygen atoms in total. The van der Waals surface area contributed by atoms with E-state index in [1.165, 1.54) is 37.8 Å². The molecule has 0 saturated heterocycles. The average molecular weight is 464 g/mol. The number of carbonyl (C=O) groups is 4. The normalized spacial score (nSPS) is 14.5. The molecule has 0 heterocycles. The molecule has 0 fully saturated rings. The lowest BCUT2D eigenvalue weighted by atomic mass is 9.79. The Kier molecular flexibility index (Phi) is 13.0. The second-order valence-electron chi connectivity index (χ2n) is 8.46. The molecule has 0 saturated carbocycles. The van der Waals surface area contributed by atoms with E-state index in [0.717, 1.165) is 25.7 Å². The molecule has 0 aromatic heterocycles. The van der Waals surface area contributed by atoms with Crippen molar-refractivity contribution in [3.63, 3.8) is 0 Å². The highest BCUT2D eigenvalue weighted by atomic mass is 16.6. The quantitative estimate of drug-likeness (QED) is 0.152. The maximum Gasteiger partial charge on any atom is 0.348 e. The number of carbonyl (C=O) groups excluding carboxylic acids is 3. The topological polar surface area (TPSA) is 133 Å². The Morgan fingerprint density at radius 3 is 2.15 bits per heavy atom. The van der Waals surface area contributed by atoms with Crippen LogP contribution in [0.1, 0.15) is 88.4 Å². The number of hydrogen-bond donors (Lipinski definition) is 2. The maximum absolute atomic E-state index is 12.7. The van der Waals surface area contributed by atoms with Crippen molar-refractivity contribution in [3.8, 4) is 0 Å². The van der Waals surface area contributed by atoms with Gasteiger partial charge in [0.05, 0.1) is 5.56 Å². The highest BCUT2D eigenvalue weighted by Crippen LogP contribution is 2.33. The molecule has 0 radical (unpaired) electrons. The molecular formula is C25H37NO7. The number of esters is 2. The minimum absolute atomic E-state index is 0.0649. The van der Waals surface area contributed by atoms with Gasteiger partial charge in [0, 0.05) is 12.3 Å². The van der Waals surface area contributed by atoms with Gasteiger partial charge in [-0.05, 0) is 18.6 Å². The van der Waals surface area contributed by atoms with Crippen LogP contribution in [0.3, 0.4) is 0 Å². The molecule has 33 heavy (non-hydrogen) atoms. The van der Waals surface area contributed by atoms with E-state index in [4.69, 9.17) is 10.5 Å². The second kappa shape index (κ2) is 15.2. The van der Waals surface area contributed by atoms with Crippen molar-refractivity contribution < 1.29 is 33.8 Å². The number of benzene rings is 1. The monoisotopic (exact) mass is 463 g/mol. The summed E-state index contributed by atoms with van der Waals surface area (Å²) in [5.74, 6) is -3.92. The number of rotatable bonds is 17. The van der Waals surface area contributed by atoms with Crippen molar-refractivity contribution in [1.29, 1.82) is 0 Å². The molecule has 3 atom stereocenters. The fraction of sp³-hybridized carbons (Fsp3) is 0.600. The van der Waals surface area contributed by atoms with Crippen LogP contribution in [0.2, 0.25) is 0 Å². The summed E-state index contributed by atoms with van der Waals surface area (Å²) in [6, 6.07) is 6.57. The Morgan fingerprint density at radius 2 is 1.61 bits per heavy atom. The Balaban J connectivity index is 2.93. The molecule has 3 unspecified atom stereocenters. The summed E-state index contributed by atoms with van der Waals surface area (Å²) in [4.78, 5) is 47.6. The fourth-order valence-corrected chi connectivity index (χ4v) is 3.85. The first-order valence-corrected chi connectivity index (χ1v) is 11.7. The van der Waals surface area contributed by atoms with Crippen molar-refractivity contribution in [2.75, 3.05) is 0 Å². The van der Waals surface area contributed by atoms with Crippen molar-refractivity contribution in [2.45, 2.75) is 89.7 Å². The largest absolute Gasteiger partial charge is 0.478 e. The summed E-state index contributed by atoms with van der Waals surface area (Å²) < 4.78 is 9.83. The third-order valence-electron chi connectivity index (χ3n) is 5.92. The van der Waals surface area contributed by atoms with Gasteiger partial charge < -0.3 is 20.3 Å². The van der Waals surface area contributed by atoms with Crippen LogP contribution in [-0.4, -0.2) is 41.1 Å². The lowest BCUT2D eigenvalue weighted by molar-refractivity contribution is -0.169. The molecule has 8 heteroatoms. The van der Waals surface area contributed by atoms with E-state index >= 15 is 0 Å². The van der Waals surface area contributed by atoms with Crippen LogP contribution in [0.5, 0.6) is 0 Å². The molecule has 0 aliphatic rings. The van der Waals surface area contributed by atoms with E-state index in [-0.39, 0.29) is 12.0 Å². The predicted octanol–water partition coefficient (Wildman–Crippen LogP) is 4.25. The van der Waals surface area contributed by atoms with E-state index in [1.807, 2.05) is 0 Å². The van der Waals surface area contributed by atoms with Gasteiger partial charge in [-0.15, -0.1) is 0 Å². The number of carboxylic acid groups (broad SMARTS) is 1. The number of ether oxygens (including phenoxy) is 2. The van der Waals surface area contributed by atoms with Crippen LogP contribution in [0.15, 0.2) is 30.3 Å². The van der Waals surface area contributed by atoms with E-state index in [1.54, 1.807) is 25.1 Å². The molecule has 0 aliphatic heterocycles. The second-order valence-corrected chi connectivity index (χ2v) is 8.46. The molecule has 0 amide bonds. The van der Waals surface area contributed by atoms with Gasteiger partial charge in [0.2, 0.25) is 5.60 Å². The smallest absolute Gasteiger partial charge is 0.348 e. The van der Waals surface area contributed by atoms with Gasteiger partial charge in [-0.2, -0.15) is 0 Å². The van der Waals surface area contributed by atoms with E-state index < -0.39 is 41.9 Å². The molecular weight excluding hydrogens is 426 g/mol. The standard InChI is InChI=1S/C25H37NO7/c1-3-4-5-6-7-8-9-11-14-19(2)25(24(30)31,17-21(26)23(29)32-18-27)33-22(28)20-15-12-10-13-16-20/h10,12-13,15-16,18-19,21H,3-9,11,14,17,26H2,1-2H3,(H,30,31). The van der Waals surface area contributed by atoms with Gasteiger partial charge in [-0.3, -0.25) is 4.79 Å². The number of aliphatic carboxylic acids is 1. The van der Waals surface area contributed by atoms with E-state index in [2.05, 4.69) is 11.7 Å². The molecule has 3 N–H and O–H groups in total. The zero-order valence-electron chi connectivity index (χ0n) is 19.7. The lowest BCUT2D eigenvalue weighted by Crippen LogP contribution is -2.54. The highest BCUT2D eigenvalue weighted by Gasteiger charge is 2.50. The predicted molar refractivity (Wildman–Crippen MR) is 123 cm³/mol. The van der Waals surface area contributed by atoms with Gasteiger partial charge in [0.1, 0.15) is 6.04 Å². The number of nitrogens with two attached hydrogens (primary N) is 1. The van der Waals surface area contributed by atoms with Crippen molar-refractivity contribution in [2.24, 2.45) is 11.7 Å². The Morgan fingerprint density at radius 1 is 1.03 bits per heavy atom. The molecule has 0 aliphatic carbocycles. The van der Waals surface area contributed by atoms with Crippen molar-refractivity contribution in [3.05, 3.63) is 35.9 Å². The summed E-state index contributed by atoms with van der Waals surface area (Å²) >= 11 is 0. The third-order valence-corrected chi connectivity index (χ3v) is 5.92. The minimum Gasteiger partial charge on any atom is -0.478 e. The maximum atomic E-state index is 12.7. The van der Waals surface area contributed by atoms with E-state index in [0.29, 0.717) is 6.42 Å². The first kappa shape index (κ1) is 28.3. The summed E-state index contributed by atoms with van der Waals surface area (Å²) in [5, 5.41) is 10.1. The Hall–Kier alpha value is -2.74. The molecule has 1 rings (SSSR count). The summed E-state index contributed by atoms with van der Waals surface area (Å²) in [6.45, 7) is 3.78. The molecule has 0 bridgehead atoms. The van der Waals surface area contributed by atoms with E-state index in [9.17, 15) is 24.3 Å². The first-order valence-electron chi connectivity index (χ1n) is 11.7. The van der Waals surface area contributed by atoms with Crippen LogP contribution in [0.4, 0.5) is 0 Å². The summed E-state index contributed by atoms with van der Waals surface area (Å²) in [7, 11) is 0. The molecule has 1 aromatic rings. The zero-order valence-corrected chi connectivity index (χ0v) is 19.7.